The summed E-state index contributed by atoms with van der Waals surface area (Å²) in [4.78, 5) is 24.8. The standard InChI is InChI=1S/C12H19NO5/c1-11(4-3-7-18-11)9(14)13-6-2-5-12(17,8-13)10(15)16/h17H,2-8H2,1H3,(H,15,16). The molecule has 0 aromatic rings. The number of rotatable bonds is 2. The first-order chi connectivity index (χ1) is 8.37. The van der Waals surface area contributed by atoms with E-state index in [1.165, 1.54) is 4.90 Å². The Morgan fingerprint density at radius 1 is 1.28 bits per heavy atom. The summed E-state index contributed by atoms with van der Waals surface area (Å²) in [5.41, 5.74) is -2.67. The molecular weight excluding hydrogens is 238 g/mol. The van der Waals surface area contributed by atoms with Crippen LogP contribution in [0.5, 0.6) is 0 Å². The SMILES string of the molecule is CC1(C(=O)N2CCCC(O)(C(=O)O)C2)CCCO1. The number of aliphatic carboxylic acids is 1. The molecule has 2 unspecified atom stereocenters. The van der Waals surface area contributed by atoms with Crippen LogP contribution >= 0.6 is 0 Å². The number of hydrogen-bond acceptors (Lipinski definition) is 4. The largest absolute Gasteiger partial charge is 0.479 e. The number of nitrogens with zero attached hydrogens (tertiary/aromatic N) is 1. The smallest absolute Gasteiger partial charge is 0.337 e. The maximum Gasteiger partial charge on any atom is 0.337 e. The van der Waals surface area contributed by atoms with Crippen molar-refractivity contribution >= 4 is 11.9 Å². The van der Waals surface area contributed by atoms with Crippen molar-refractivity contribution in [2.75, 3.05) is 19.7 Å². The molecule has 0 radical (unpaired) electrons. The summed E-state index contributed by atoms with van der Waals surface area (Å²) in [6.07, 6.45) is 2.15. The number of carbonyl (C=O) groups excluding carboxylic acids is 1. The second-order valence-corrected chi connectivity index (χ2v) is 5.35. The van der Waals surface area contributed by atoms with Gasteiger partial charge in [-0.25, -0.2) is 4.79 Å². The third kappa shape index (κ3) is 2.22. The van der Waals surface area contributed by atoms with E-state index in [1.54, 1.807) is 6.92 Å². The van der Waals surface area contributed by atoms with Crippen LogP contribution < -0.4 is 0 Å². The molecule has 2 fully saturated rings. The highest BCUT2D eigenvalue weighted by atomic mass is 16.5. The monoisotopic (exact) mass is 257 g/mol. The fourth-order valence-electron chi connectivity index (χ4n) is 2.67. The Bertz CT molecular complexity index is 363. The fraction of sp³-hybridized carbons (Fsp3) is 0.833. The molecule has 2 aliphatic rings. The molecule has 2 N–H and O–H groups in total. The highest BCUT2D eigenvalue weighted by molar-refractivity contribution is 5.86. The molecule has 0 bridgehead atoms. The molecule has 102 valence electrons. The molecule has 0 aromatic carbocycles. The van der Waals surface area contributed by atoms with Crippen LogP contribution in [0, 0.1) is 0 Å². The number of amides is 1. The van der Waals surface area contributed by atoms with E-state index in [1.807, 2.05) is 0 Å². The van der Waals surface area contributed by atoms with E-state index < -0.39 is 17.2 Å². The molecule has 0 aliphatic carbocycles. The first kappa shape index (κ1) is 13.3. The van der Waals surface area contributed by atoms with Crippen LogP contribution in [0.15, 0.2) is 0 Å². The number of likely N-dealkylation sites (tertiary alicyclic amines) is 1. The van der Waals surface area contributed by atoms with Crippen molar-refractivity contribution in [3.05, 3.63) is 0 Å². The van der Waals surface area contributed by atoms with Crippen molar-refractivity contribution < 1.29 is 24.5 Å². The number of ether oxygens (including phenoxy) is 1. The van der Waals surface area contributed by atoms with E-state index in [0.717, 1.165) is 6.42 Å². The van der Waals surface area contributed by atoms with Crippen LogP contribution in [0.3, 0.4) is 0 Å². The van der Waals surface area contributed by atoms with Crippen molar-refractivity contribution in [1.29, 1.82) is 0 Å². The summed E-state index contributed by atoms with van der Waals surface area (Å²) < 4.78 is 5.46. The van der Waals surface area contributed by atoms with Gasteiger partial charge in [0, 0.05) is 13.2 Å². The minimum atomic E-state index is -1.82. The van der Waals surface area contributed by atoms with E-state index in [0.29, 0.717) is 26.0 Å². The quantitative estimate of drug-likeness (QED) is 0.726. The van der Waals surface area contributed by atoms with Gasteiger partial charge in [-0.2, -0.15) is 0 Å². The molecule has 0 aromatic heterocycles. The lowest BCUT2D eigenvalue weighted by molar-refractivity contribution is -0.171. The maximum atomic E-state index is 12.3. The molecule has 0 saturated carbocycles. The molecule has 1 amide bonds. The zero-order valence-corrected chi connectivity index (χ0v) is 10.5. The van der Waals surface area contributed by atoms with E-state index >= 15 is 0 Å². The Morgan fingerprint density at radius 2 is 2.00 bits per heavy atom. The number of β-amino-alcohol motifs (C(OH)–C–C–N with tert-alkyl or cyclic N) is 1. The van der Waals surface area contributed by atoms with Crippen molar-refractivity contribution in [2.45, 2.75) is 43.8 Å². The van der Waals surface area contributed by atoms with Gasteiger partial charge in [0.15, 0.2) is 5.60 Å². The Labute approximate surface area is 106 Å². The molecule has 0 spiro atoms. The van der Waals surface area contributed by atoms with Gasteiger partial charge in [0.2, 0.25) is 0 Å². The van der Waals surface area contributed by atoms with E-state index in [4.69, 9.17) is 9.84 Å². The summed E-state index contributed by atoms with van der Waals surface area (Å²) in [6.45, 7) is 2.61. The predicted molar refractivity (Wildman–Crippen MR) is 62.0 cm³/mol. The van der Waals surface area contributed by atoms with Crippen LogP contribution in [0.1, 0.15) is 32.6 Å². The summed E-state index contributed by atoms with van der Waals surface area (Å²) in [5, 5.41) is 19.0. The highest BCUT2D eigenvalue weighted by Crippen LogP contribution is 2.30. The lowest BCUT2D eigenvalue weighted by atomic mass is 9.91. The van der Waals surface area contributed by atoms with Crippen molar-refractivity contribution in [3.63, 3.8) is 0 Å². The van der Waals surface area contributed by atoms with Gasteiger partial charge < -0.3 is 19.8 Å². The number of hydrogen-bond donors (Lipinski definition) is 2. The van der Waals surface area contributed by atoms with Crippen molar-refractivity contribution in [2.24, 2.45) is 0 Å². The zero-order chi connectivity index (χ0) is 13.4. The highest BCUT2D eigenvalue weighted by Gasteiger charge is 2.47. The Hall–Kier alpha value is -1.14. The number of carboxylic acid groups (broad SMARTS) is 1. The number of piperidine rings is 1. The van der Waals surface area contributed by atoms with Crippen LogP contribution in [-0.2, 0) is 14.3 Å². The van der Waals surface area contributed by atoms with Gasteiger partial charge in [-0.1, -0.05) is 0 Å². The van der Waals surface area contributed by atoms with Gasteiger partial charge in [0.25, 0.3) is 5.91 Å². The second kappa shape index (κ2) is 4.51. The van der Waals surface area contributed by atoms with Gasteiger partial charge in [0.05, 0.1) is 6.54 Å². The molecule has 2 saturated heterocycles. The van der Waals surface area contributed by atoms with E-state index in [2.05, 4.69) is 0 Å². The van der Waals surface area contributed by atoms with E-state index in [-0.39, 0.29) is 18.9 Å². The van der Waals surface area contributed by atoms with E-state index in [9.17, 15) is 14.7 Å². The lowest BCUT2D eigenvalue weighted by Crippen LogP contribution is -2.58. The van der Waals surface area contributed by atoms with Gasteiger partial charge in [-0.3, -0.25) is 4.79 Å². The summed E-state index contributed by atoms with van der Waals surface area (Å²) in [6, 6.07) is 0. The molecule has 2 atom stereocenters. The van der Waals surface area contributed by atoms with Gasteiger partial charge in [-0.05, 0) is 32.6 Å². The average Bonchev–Trinajstić information content (AvgIpc) is 2.76. The van der Waals surface area contributed by atoms with Crippen LogP contribution in [0.2, 0.25) is 0 Å². The average molecular weight is 257 g/mol. The van der Waals surface area contributed by atoms with Gasteiger partial charge in [0.1, 0.15) is 5.60 Å². The Morgan fingerprint density at radius 3 is 2.56 bits per heavy atom. The second-order valence-electron chi connectivity index (χ2n) is 5.35. The summed E-state index contributed by atoms with van der Waals surface area (Å²) in [5.74, 6) is -1.48. The van der Waals surface area contributed by atoms with Gasteiger partial charge in [-0.15, -0.1) is 0 Å². The molecule has 6 heteroatoms. The first-order valence-electron chi connectivity index (χ1n) is 6.26. The number of carboxylic acids is 1. The lowest BCUT2D eigenvalue weighted by Gasteiger charge is -2.39. The summed E-state index contributed by atoms with van der Waals surface area (Å²) >= 11 is 0. The molecule has 2 heterocycles. The first-order valence-corrected chi connectivity index (χ1v) is 6.26. The minimum absolute atomic E-state index is 0.153. The molecule has 2 rings (SSSR count). The van der Waals surface area contributed by atoms with Crippen LogP contribution in [0.25, 0.3) is 0 Å². The van der Waals surface area contributed by atoms with Gasteiger partial charge >= 0.3 is 5.97 Å². The third-order valence-electron chi connectivity index (χ3n) is 3.83. The van der Waals surface area contributed by atoms with Crippen LogP contribution in [-0.4, -0.2) is 57.9 Å². The Balaban J connectivity index is 2.09. The number of aliphatic hydroxyl groups is 1. The third-order valence-corrected chi connectivity index (χ3v) is 3.83. The fourth-order valence-corrected chi connectivity index (χ4v) is 2.67. The normalized spacial score (nSPS) is 36.7. The Kier molecular flexibility index (Phi) is 3.33. The van der Waals surface area contributed by atoms with Crippen molar-refractivity contribution in [3.8, 4) is 0 Å². The minimum Gasteiger partial charge on any atom is -0.479 e. The maximum absolute atomic E-state index is 12.3. The number of carbonyl (C=O) groups is 2. The summed E-state index contributed by atoms with van der Waals surface area (Å²) in [7, 11) is 0. The van der Waals surface area contributed by atoms with Crippen molar-refractivity contribution in [1.82, 2.24) is 4.90 Å². The van der Waals surface area contributed by atoms with Crippen LogP contribution in [0.4, 0.5) is 0 Å². The molecule has 6 nitrogen and oxygen atoms in total. The predicted octanol–water partition coefficient (Wildman–Crippen LogP) is -0.00640. The topological polar surface area (TPSA) is 87.1 Å². The molecule has 2 aliphatic heterocycles. The molecule has 18 heavy (non-hydrogen) atoms. The molecular formula is C12H19NO5. The zero-order valence-electron chi connectivity index (χ0n) is 10.5.